The van der Waals surface area contributed by atoms with E-state index in [1.807, 2.05) is 17.1 Å². The number of carbonyl (C=O) groups is 1. The van der Waals surface area contributed by atoms with E-state index in [0.29, 0.717) is 0 Å². The molecule has 1 atom stereocenters. The molecular weight excluding hydrogens is 252 g/mol. The number of benzene rings is 1. The maximum absolute atomic E-state index is 12.5. The minimum Gasteiger partial charge on any atom is -0.304 e. The van der Waals surface area contributed by atoms with Crippen LogP contribution in [-0.4, -0.2) is 55.6 Å². The number of piperazine rings is 1. The molecule has 2 N–H and O–H groups in total. The molecule has 1 saturated heterocycles. The highest BCUT2D eigenvalue weighted by Gasteiger charge is 2.27. The number of amides is 1. The summed E-state index contributed by atoms with van der Waals surface area (Å²) in [6.45, 7) is 4.62. The van der Waals surface area contributed by atoms with Gasteiger partial charge in [-0.2, -0.15) is 0 Å². The first-order chi connectivity index (χ1) is 9.74. The fourth-order valence-electron chi connectivity index (χ4n) is 2.88. The second-order valence-corrected chi connectivity index (χ2v) is 5.60. The van der Waals surface area contributed by atoms with Gasteiger partial charge in [0, 0.05) is 32.7 Å². The number of carbonyl (C=O) groups excluding carboxylic acids is 1. The number of hydrogen-bond acceptors (Lipinski definition) is 4. The number of hydrazine groups is 1. The number of nitrogens with one attached hydrogen (secondary N) is 2. The van der Waals surface area contributed by atoms with Crippen LogP contribution in [0.15, 0.2) is 24.3 Å². The van der Waals surface area contributed by atoms with E-state index in [1.54, 1.807) is 0 Å². The third kappa shape index (κ3) is 2.85. The van der Waals surface area contributed by atoms with Gasteiger partial charge in [-0.25, -0.2) is 5.01 Å². The Balaban J connectivity index is 1.66. The summed E-state index contributed by atoms with van der Waals surface area (Å²) >= 11 is 0. The van der Waals surface area contributed by atoms with Crippen molar-refractivity contribution in [2.75, 3.05) is 39.8 Å². The number of hydrogen-bond donors (Lipinski definition) is 2. The lowest BCUT2D eigenvalue weighted by molar-refractivity contribution is -0.129. The number of nitrogens with zero attached hydrogens (tertiary/aromatic N) is 2. The molecule has 0 aromatic heterocycles. The van der Waals surface area contributed by atoms with Crippen LogP contribution >= 0.6 is 0 Å². The number of rotatable bonds is 2. The largest absolute Gasteiger partial charge is 0.304 e. The molecule has 0 spiro atoms. The van der Waals surface area contributed by atoms with Crippen molar-refractivity contribution in [3.05, 3.63) is 35.4 Å². The smallest absolute Gasteiger partial charge is 0.256 e. The zero-order chi connectivity index (χ0) is 13.9. The lowest BCUT2D eigenvalue weighted by Crippen LogP contribution is -2.55. The van der Waals surface area contributed by atoms with Gasteiger partial charge in [-0.15, -0.1) is 0 Å². The van der Waals surface area contributed by atoms with E-state index in [0.717, 1.165) is 44.7 Å². The lowest BCUT2D eigenvalue weighted by atomic mass is 9.94. The highest BCUT2D eigenvalue weighted by atomic mass is 16.2. The third-order valence-corrected chi connectivity index (χ3v) is 4.14. The first-order valence-electron chi connectivity index (χ1n) is 7.29. The van der Waals surface area contributed by atoms with Crippen molar-refractivity contribution in [3.8, 4) is 0 Å². The summed E-state index contributed by atoms with van der Waals surface area (Å²) in [5, 5.41) is 5.35. The Bertz CT molecular complexity index is 483. The van der Waals surface area contributed by atoms with Gasteiger partial charge in [0.05, 0.1) is 0 Å². The van der Waals surface area contributed by atoms with Gasteiger partial charge in [0.1, 0.15) is 6.04 Å². The molecule has 2 aliphatic heterocycles. The van der Waals surface area contributed by atoms with Crippen LogP contribution in [0.4, 0.5) is 0 Å². The highest BCUT2D eigenvalue weighted by molar-refractivity contribution is 5.83. The maximum Gasteiger partial charge on any atom is 0.256 e. The standard InChI is InChI=1S/C15H22N4O/c1-18-8-10-19(11-9-18)17-15(20)14-13-5-3-2-4-12(13)6-7-16-14/h2-5,14,16H,6-11H2,1H3,(H,17,20). The molecule has 0 aliphatic carbocycles. The van der Waals surface area contributed by atoms with Gasteiger partial charge < -0.3 is 10.2 Å². The average molecular weight is 274 g/mol. The van der Waals surface area contributed by atoms with Crippen LogP contribution in [0.3, 0.4) is 0 Å². The molecule has 1 aromatic carbocycles. The summed E-state index contributed by atoms with van der Waals surface area (Å²) in [6.07, 6.45) is 0.995. The maximum atomic E-state index is 12.5. The molecule has 5 nitrogen and oxygen atoms in total. The summed E-state index contributed by atoms with van der Waals surface area (Å²) in [7, 11) is 2.11. The van der Waals surface area contributed by atoms with E-state index >= 15 is 0 Å². The molecule has 1 aromatic rings. The molecule has 1 unspecified atom stereocenters. The van der Waals surface area contributed by atoms with E-state index in [2.05, 4.69) is 34.8 Å². The summed E-state index contributed by atoms with van der Waals surface area (Å²) in [5.41, 5.74) is 5.45. The van der Waals surface area contributed by atoms with Crippen molar-refractivity contribution >= 4 is 5.91 Å². The molecule has 1 fully saturated rings. The van der Waals surface area contributed by atoms with Crippen molar-refractivity contribution in [3.63, 3.8) is 0 Å². The van der Waals surface area contributed by atoms with Gasteiger partial charge in [-0.05, 0) is 24.6 Å². The fourth-order valence-corrected chi connectivity index (χ4v) is 2.88. The Hall–Kier alpha value is -1.43. The second kappa shape index (κ2) is 5.91. The summed E-state index contributed by atoms with van der Waals surface area (Å²) < 4.78 is 0. The summed E-state index contributed by atoms with van der Waals surface area (Å²) in [4.78, 5) is 14.8. The van der Waals surface area contributed by atoms with Gasteiger partial charge >= 0.3 is 0 Å². The number of fused-ring (bicyclic) bond motifs is 1. The average Bonchev–Trinajstić information content (AvgIpc) is 2.49. The molecule has 0 bridgehead atoms. The van der Waals surface area contributed by atoms with Crippen LogP contribution in [0.25, 0.3) is 0 Å². The first kappa shape index (κ1) is 13.5. The normalized spacial score (nSPS) is 24.1. The molecule has 5 heteroatoms. The van der Waals surface area contributed by atoms with Crippen molar-refractivity contribution in [1.82, 2.24) is 20.7 Å². The minimum atomic E-state index is -0.223. The lowest BCUT2D eigenvalue weighted by Gasteiger charge is -2.34. The van der Waals surface area contributed by atoms with Crippen molar-refractivity contribution in [2.24, 2.45) is 0 Å². The SMILES string of the molecule is CN1CCN(NC(=O)C2NCCc3ccccc32)CC1. The van der Waals surface area contributed by atoms with Gasteiger partial charge in [-0.3, -0.25) is 10.2 Å². The zero-order valence-corrected chi connectivity index (χ0v) is 11.9. The van der Waals surface area contributed by atoms with Gasteiger partial charge in [0.25, 0.3) is 5.91 Å². The molecule has 2 aliphatic rings. The highest BCUT2D eigenvalue weighted by Crippen LogP contribution is 2.22. The van der Waals surface area contributed by atoms with E-state index in [9.17, 15) is 4.79 Å². The zero-order valence-electron chi connectivity index (χ0n) is 11.9. The molecule has 0 saturated carbocycles. The Morgan fingerprint density at radius 3 is 2.80 bits per heavy atom. The predicted octanol–water partition coefficient (Wildman–Crippen LogP) is 0.152. The van der Waals surface area contributed by atoms with Crippen molar-refractivity contribution in [2.45, 2.75) is 12.5 Å². The summed E-state index contributed by atoms with van der Waals surface area (Å²) in [6, 6.07) is 7.99. The first-order valence-corrected chi connectivity index (χ1v) is 7.29. The van der Waals surface area contributed by atoms with E-state index in [1.165, 1.54) is 5.56 Å². The fraction of sp³-hybridized carbons (Fsp3) is 0.533. The molecule has 0 radical (unpaired) electrons. The predicted molar refractivity (Wildman–Crippen MR) is 78.1 cm³/mol. The van der Waals surface area contributed by atoms with E-state index < -0.39 is 0 Å². The third-order valence-electron chi connectivity index (χ3n) is 4.14. The van der Waals surface area contributed by atoms with Gasteiger partial charge in [-0.1, -0.05) is 24.3 Å². The Kier molecular flexibility index (Phi) is 4.00. The molecule has 2 heterocycles. The van der Waals surface area contributed by atoms with Crippen LogP contribution in [0.1, 0.15) is 17.2 Å². The van der Waals surface area contributed by atoms with Gasteiger partial charge in [0.15, 0.2) is 0 Å². The van der Waals surface area contributed by atoms with Crippen LogP contribution < -0.4 is 10.7 Å². The molecule has 1 amide bonds. The second-order valence-electron chi connectivity index (χ2n) is 5.60. The van der Waals surface area contributed by atoms with Gasteiger partial charge in [0.2, 0.25) is 0 Å². The monoisotopic (exact) mass is 274 g/mol. The Morgan fingerprint density at radius 1 is 1.25 bits per heavy atom. The molecular formula is C15H22N4O. The van der Waals surface area contributed by atoms with Crippen LogP contribution in [0.2, 0.25) is 0 Å². The quantitative estimate of drug-likeness (QED) is 0.806. The Labute approximate surface area is 119 Å². The Morgan fingerprint density at radius 2 is 2.00 bits per heavy atom. The van der Waals surface area contributed by atoms with Crippen LogP contribution in [0, 0.1) is 0 Å². The molecule has 20 heavy (non-hydrogen) atoms. The molecule has 3 rings (SSSR count). The number of likely N-dealkylation sites (N-methyl/N-ethyl adjacent to an activating group) is 1. The van der Waals surface area contributed by atoms with Crippen molar-refractivity contribution in [1.29, 1.82) is 0 Å². The minimum absolute atomic E-state index is 0.0571. The summed E-state index contributed by atoms with van der Waals surface area (Å²) in [5.74, 6) is 0.0571. The van der Waals surface area contributed by atoms with E-state index in [-0.39, 0.29) is 11.9 Å². The molecule has 108 valence electrons. The van der Waals surface area contributed by atoms with Crippen LogP contribution in [-0.2, 0) is 11.2 Å². The van der Waals surface area contributed by atoms with Crippen molar-refractivity contribution < 1.29 is 4.79 Å². The van der Waals surface area contributed by atoms with Crippen LogP contribution in [0.5, 0.6) is 0 Å². The van der Waals surface area contributed by atoms with E-state index in [4.69, 9.17) is 0 Å². The topological polar surface area (TPSA) is 47.6 Å².